The maximum absolute atomic E-state index is 12.5. The van der Waals surface area contributed by atoms with Crippen molar-refractivity contribution in [2.75, 3.05) is 19.9 Å². The Morgan fingerprint density at radius 1 is 1.26 bits per heavy atom. The van der Waals surface area contributed by atoms with E-state index in [1.54, 1.807) is 4.90 Å². The molecule has 1 aromatic heterocycles. The minimum atomic E-state index is -0.0783. The molecule has 0 saturated carbocycles. The molecule has 0 atom stereocenters. The highest BCUT2D eigenvalue weighted by Gasteiger charge is 2.26. The molecule has 2 aliphatic rings. The number of benzene rings is 1. The van der Waals surface area contributed by atoms with Crippen molar-refractivity contribution in [2.45, 2.75) is 18.9 Å². The molecule has 0 unspecified atom stereocenters. The van der Waals surface area contributed by atoms with Crippen LogP contribution in [0.1, 0.15) is 22.6 Å². The van der Waals surface area contributed by atoms with Crippen LogP contribution >= 0.6 is 11.3 Å². The van der Waals surface area contributed by atoms with Crippen LogP contribution in [0.5, 0.6) is 11.5 Å². The lowest BCUT2D eigenvalue weighted by molar-refractivity contribution is 0.0713. The molecular formula is C15H16N4O3S. The summed E-state index contributed by atoms with van der Waals surface area (Å²) in [6.45, 7) is 1.55. The van der Waals surface area contributed by atoms with E-state index in [1.807, 2.05) is 18.2 Å². The average molecular weight is 332 g/mol. The molecule has 2 aromatic rings. The standard InChI is InChI=1S/C15H16N4O3S/c16-9-4-6-19(7-5-9)15(20)14-18-17-13(23-14)10-2-1-3-11-12(10)22-8-21-11/h1-3,9H,4-8,16H2. The number of nitrogens with zero attached hydrogens (tertiary/aromatic N) is 3. The van der Waals surface area contributed by atoms with E-state index in [-0.39, 0.29) is 18.7 Å². The molecule has 8 heteroatoms. The number of rotatable bonds is 2. The van der Waals surface area contributed by atoms with E-state index in [0.29, 0.717) is 34.6 Å². The van der Waals surface area contributed by atoms with Crippen molar-refractivity contribution < 1.29 is 14.3 Å². The number of fused-ring (bicyclic) bond motifs is 1. The summed E-state index contributed by atoms with van der Waals surface area (Å²) in [4.78, 5) is 14.3. The van der Waals surface area contributed by atoms with E-state index >= 15 is 0 Å². The van der Waals surface area contributed by atoms with Gasteiger partial charge in [-0.25, -0.2) is 0 Å². The summed E-state index contributed by atoms with van der Waals surface area (Å²) in [5.74, 6) is 1.27. The Morgan fingerprint density at radius 2 is 2.09 bits per heavy atom. The van der Waals surface area contributed by atoms with Gasteiger partial charge in [-0.05, 0) is 25.0 Å². The van der Waals surface area contributed by atoms with E-state index in [0.717, 1.165) is 18.4 Å². The number of nitrogens with two attached hydrogens (primary N) is 1. The van der Waals surface area contributed by atoms with E-state index in [4.69, 9.17) is 15.2 Å². The van der Waals surface area contributed by atoms with Gasteiger partial charge >= 0.3 is 0 Å². The molecule has 1 aromatic carbocycles. The van der Waals surface area contributed by atoms with Crippen LogP contribution in [0.25, 0.3) is 10.6 Å². The average Bonchev–Trinajstić information content (AvgIpc) is 3.24. The van der Waals surface area contributed by atoms with Crippen LogP contribution in [0, 0.1) is 0 Å². The first kappa shape index (κ1) is 14.4. The van der Waals surface area contributed by atoms with Gasteiger partial charge in [-0.3, -0.25) is 4.79 Å². The van der Waals surface area contributed by atoms with Crippen molar-refractivity contribution >= 4 is 17.2 Å². The minimum Gasteiger partial charge on any atom is -0.454 e. The second kappa shape index (κ2) is 5.78. The molecule has 120 valence electrons. The molecule has 0 aliphatic carbocycles. The van der Waals surface area contributed by atoms with Gasteiger partial charge in [-0.2, -0.15) is 0 Å². The Morgan fingerprint density at radius 3 is 2.91 bits per heavy atom. The summed E-state index contributed by atoms with van der Waals surface area (Å²) >= 11 is 1.27. The summed E-state index contributed by atoms with van der Waals surface area (Å²) in [6, 6.07) is 5.80. The van der Waals surface area contributed by atoms with Crippen molar-refractivity contribution in [1.29, 1.82) is 0 Å². The Bertz CT molecular complexity index is 740. The molecule has 2 N–H and O–H groups in total. The first-order valence-electron chi connectivity index (χ1n) is 7.50. The van der Waals surface area contributed by atoms with Crippen LogP contribution in [-0.2, 0) is 0 Å². The molecule has 0 spiro atoms. The molecule has 1 fully saturated rings. The largest absolute Gasteiger partial charge is 0.454 e. The van der Waals surface area contributed by atoms with Crippen molar-refractivity contribution in [2.24, 2.45) is 5.73 Å². The normalized spacial score (nSPS) is 17.5. The van der Waals surface area contributed by atoms with Gasteiger partial charge in [0.2, 0.25) is 11.8 Å². The van der Waals surface area contributed by atoms with Crippen LogP contribution in [0.3, 0.4) is 0 Å². The summed E-state index contributed by atoms with van der Waals surface area (Å²) in [6.07, 6.45) is 1.66. The lowest BCUT2D eigenvalue weighted by atomic mass is 10.1. The van der Waals surface area contributed by atoms with Gasteiger partial charge in [0.1, 0.15) is 0 Å². The molecule has 0 bridgehead atoms. The van der Waals surface area contributed by atoms with E-state index in [9.17, 15) is 4.79 Å². The summed E-state index contributed by atoms with van der Waals surface area (Å²) in [5.41, 5.74) is 6.68. The van der Waals surface area contributed by atoms with Gasteiger partial charge in [0.05, 0.1) is 5.56 Å². The molecule has 3 heterocycles. The summed E-state index contributed by atoms with van der Waals surface area (Å²) < 4.78 is 10.9. The minimum absolute atomic E-state index is 0.0783. The number of likely N-dealkylation sites (tertiary alicyclic amines) is 1. The highest BCUT2D eigenvalue weighted by atomic mass is 32.1. The monoisotopic (exact) mass is 332 g/mol. The number of aromatic nitrogens is 2. The third-order valence-electron chi connectivity index (χ3n) is 4.06. The molecule has 7 nitrogen and oxygen atoms in total. The van der Waals surface area contributed by atoms with Gasteiger partial charge in [-0.1, -0.05) is 17.4 Å². The van der Waals surface area contributed by atoms with Crippen LogP contribution in [0.2, 0.25) is 0 Å². The van der Waals surface area contributed by atoms with Gasteiger partial charge in [0.25, 0.3) is 5.91 Å². The molecular weight excluding hydrogens is 316 g/mol. The number of hydrogen-bond donors (Lipinski definition) is 1. The summed E-state index contributed by atoms with van der Waals surface area (Å²) in [5, 5.41) is 9.27. The highest BCUT2D eigenvalue weighted by molar-refractivity contribution is 7.16. The smallest absolute Gasteiger partial charge is 0.284 e. The second-order valence-corrected chi connectivity index (χ2v) is 6.56. The zero-order valence-corrected chi connectivity index (χ0v) is 13.2. The van der Waals surface area contributed by atoms with E-state index in [2.05, 4.69) is 10.2 Å². The molecule has 0 radical (unpaired) electrons. The number of carbonyl (C=O) groups is 1. The number of hydrogen-bond acceptors (Lipinski definition) is 7. The number of amides is 1. The van der Waals surface area contributed by atoms with Crippen LogP contribution in [-0.4, -0.2) is 46.9 Å². The van der Waals surface area contributed by atoms with Crippen LogP contribution in [0.15, 0.2) is 18.2 Å². The van der Waals surface area contributed by atoms with Gasteiger partial charge in [-0.15, -0.1) is 10.2 Å². The Balaban J connectivity index is 1.58. The van der Waals surface area contributed by atoms with Crippen LogP contribution in [0.4, 0.5) is 0 Å². The first-order chi connectivity index (χ1) is 11.2. The number of ether oxygens (including phenoxy) is 2. The maximum Gasteiger partial charge on any atom is 0.284 e. The number of piperidine rings is 1. The van der Waals surface area contributed by atoms with E-state index in [1.165, 1.54) is 11.3 Å². The van der Waals surface area contributed by atoms with Gasteiger partial charge < -0.3 is 20.1 Å². The van der Waals surface area contributed by atoms with Crippen molar-refractivity contribution in [1.82, 2.24) is 15.1 Å². The lowest BCUT2D eigenvalue weighted by Gasteiger charge is -2.29. The fraction of sp³-hybridized carbons (Fsp3) is 0.400. The Labute approximate surface area is 137 Å². The molecule has 2 aliphatic heterocycles. The number of carbonyl (C=O) groups excluding carboxylic acids is 1. The van der Waals surface area contributed by atoms with E-state index < -0.39 is 0 Å². The van der Waals surface area contributed by atoms with Crippen molar-refractivity contribution in [3.63, 3.8) is 0 Å². The molecule has 23 heavy (non-hydrogen) atoms. The predicted octanol–water partition coefficient (Wildman–Crippen LogP) is 1.50. The fourth-order valence-electron chi connectivity index (χ4n) is 2.75. The predicted molar refractivity (Wildman–Crippen MR) is 84.6 cm³/mol. The van der Waals surface area contributed by atoms with Crippen molar-refractivity contribution in [3.05, 3.63) is 23.2 Å². The summed E-state index contributed by atoms with van der Waals surface area (Å²) in [7, 11) is 0. The molecule has 1 amide bonds. The van der Waals surface area contributed by atoms with Gasteiger partial charge in [0, 0.05) is 19.1 Å². The molecule has 4 rings (SSSR count). The zero-order chi connectivity index (χ0) is 15.8. The SMILES string of the molecule is NC1CCN(C(=O)c2nnc(-c3cccc4c3OCO4)s2)CC1. The lowest BCUT2D eigenvalue weighted by Crippen LogP contribution is -2.42. The molecule has 1 saturated heterocycles. The quantitative estimate of drug-likeness (QED) is 0.896. The van der Waals surface area contributed by atoms with Gasteiger partial charge in [0.15, 0.2) is 16.5 Å². The zero-order valence-electron chi connectivity index (χ0n) is 12.4. The number of para-hydroxylation sites is 1. The fourth-order valence-corrected chi connectivity index (χ4v) is 3.59. The van der Waals surface area contributed by atoms with Crippen molar-refractivity contribution in [3.8, 4) is 22.1 Å². The topological polar surface area (TPSA) is 90.6 Å². The Hall–Kier alpha value is -2.19. The highest BCUT2D eigenvalue weighted by Crippen LogP contribution is 2.41. The Kier molecular flexibility index (Phi) is 3.62. The third-order valence-corrected chi connectivity index (χ3v) is 5.01. The first-order valence-corrected chi connectivity index (χ1v) is 8.31. The maximum atomic E-state index is 12.5. The third kappa shape index (κ3) is 2.64. The van der Waals surface area contributed by atoms with Crippen LogP contribution < -0.4 is 15.2 Å². The second-order valence-electron chi connectivity index (χ2n) is 5.58.